The summed E-state index contributed by atoms with van der Waals surface area (Å²) in [5, 5.41) is 24.4. The van der Waals surface area contributed by atoms with Crippen LogP contribution in [0.1, 0.15) is 16.7 Å². The van der Waals surface area contributed by atoms with Crippen LogP contribution in [0.3, 0.4) is 0 Å². The number of aryl methyl sites for hydroxylation is 1. The van der Waals surface area contributed by atoms with Gasteiger partial charge in [0.05, 0.1) is 5.75 Å². The van der Waals surface area contributed by atoms with Gasteiger partial charge >= 0.3 is 0 Å². The molecule has 0 radical (unpaired) electrons. The van der Waals surface area contributed by atoms with Crippen LogP contribution in [0.2, 0.25) is 0 Å². The molecule has 144 valence electrons. The molecule has 1 aromatic carbocycles. The van der Waals surface area contributed by atoms with Gasteiger partial charge in [-0.25, -0.2) is 4.98 Å². The highest BCUT2D eigenvalue weighted by molar-refractivity contribution is 9.10. The van der Waals surface area contributed by atoms with Crippen molar-refractivity contribution in [2.24, 2.45) is 0 Å². The summed E-state index contributed by atoms with van der Waals surface area (Å²) in [5.41, 5.74) is 8.78. The number of H-pyrrole nitrogens is 1. The van der Waals surface area contributed by atoms with Gasteiger partial charge in [-0.05, 0) is 36.1 Å². The summed E-state index contributed by atoms with van der Waals surface area (Å²) in [7, 11) is 0. The highest BCUT2D eigenvalue weighted by Gasteiger charge is 2.24. The lowest BCUT2D eigenvalue weighted by molar-refractivity contribution is -0.410. The second-order valence-electron chi connectivity index (χ2n) is 5.99. The molecule has 0 saturated carbocycles. The van der Waals surface area contributed by atoms with Crippen molar-refractivity contribution in [3.05, 3.63) is 56.9 Å². The summed E-state index contributed by atoms with van der Waals surface area (Å²) in [5.74, 6) is 0.0234. The highest BCUT2D eigenvalue weighted by Crippen LogP contribution is 2.36. The molecular formula is C20H15BrN5OS2+. The first-order chi connectivity index (χ1) is 13.9. The fourth-order valence-electron chi connectivity index (χ4n) is 2.62. The van der Waals surface area contributed by atoms with Crippen LogP contribution >= 0.6 is 39.0 Å². The van der Waals surface area contributed by atoms with Gasteiger partial charge in [0.15, 0.2) is 10.6 Å². The maximum Gasteiger partial charge on any atom is 0.289 e. The van der Waals surface area contributed by atoms with Crippen LogP contribution in [0.4, 0.5) is 11.5 Å². The van der Waals surface area contributed by atoms with E-state index < -0.39 is 0 Å². The van der Waals surface area contributed by atoms with Crippen molar-refractivity contribution in [1.29, 1.82) is 10.5 Å². The molecular weight excluding hydrogens is 470 g/mol. The Kier molecular flexibility index (Phi) is 6.55. The molecule has 1 amide bonds. The first kappa shape index (κ1) is 20.9. The highest BCUT2D eigenvalue weighted by atomic mass is 79.9. The fraction of sp³-hybridized carbons (Fsp3) is 0.100. The fourth-order valence-corrected chi connectivity index (χ4v) is 4.61. The SMILES string of the molecule is Cc1ccc(NC(=O)CSc2[nH+]c(N)c(C#N)c(-c3cccs3)c2C#N)cc1Br. The van der Waals surface area contributed by atoms with E-state index in [1.54, 1.807) is 0 Å². The molecule has 3 aromatic rings. The van der Waals surface area contributed by atoms with Gasteiger partial charge in [-0.15, -0.1) is 11.3 Å². The summed E-state index contributed by atoms with van der Waals surface area (Å²) < 4.78 is 0.906. The molecule has 4 N–H and O–H groups in total. The second-order valence-corrected chi connectivity index (χ2v) is 8.78. The molecule has 0 bridgehead atoms. The smallest absolute Gasteiger partial charge is 0.289 e. The Morgan fingerprint density at radius 3 is 2.69 bits per heavy atom. The number of thioether (sulfide) groups is 1. The number of thiophene rings is 1. The number of carbonyl (C=O) groups excluding carboxylic acids is 1. The topological polar surface area (TPSA) is 117 Å². The number of nitrogens with zero attached hydrogens (tertiary/aromatic N) is 2. The van der Waals surface area contributed by atoms with Crippen molar-refractivity contribution in [2.45, 2.75) is 11.9 Å². The molecule has 2 aromatic heterocycles. The van der Waals surface area contributed by atoms with Crippen LogP contribution in [-0.2, 0) is 4.79 Å². The van der Waals surface area contributed by atoms with E-state index >= 15 is 0 Å². The average molecular weight is 485 g/mol. The van der Waals surface area contributed by atoms with Crippen LogP contribution in [0, 0.1) is 29.6 Å². The summed E-state index contributed by atoms with van der Waals surface area (Å²) in [6.45, 7) is 1.96. The maximum atomic E-state index is 12.4. The molecule has 0 saturated heterocycles. The zero-order valence-corrected chi connectivity index (χ0v) is 18.5. The van der Waals surface area contributed by atoms with Crippen LogP contribution in [0.5, 0.6) is 0 Å². The molecule has 0 aliphatic rings. The molecule has 0 atom stereocenters. The Hall–Kier alpha value is -2.85. The molecule has 0 spiro atoms. The Morgan fingerprint density at radius 2 is 2.07 bits per heavy atom. The molecule has 29 heavy (non-hydrogen) atoms. The molecule has 0 aliphatic carbocycles. The molecule has 0 aliphatic heterocycles. The van der Waals surface area contributed by atoms with E-state index in [9.17, 15) is 15.3 Å². The predicted octanol–water partition coefficient (Wildman–Crippen LogP) is 4.36. The number of nitrogens with one attached hydrogen (secondary N) is 2. The first-order valence-corrected chi connectivity index (χ1v) is 11.0. The number of carbonyl (C=O) groups is 1. The van der Waals surface area contributed by atoms with Crippen molar-refractivity contribution < 1.29 is 9.78 Å². The Balaban J connectivity index is 1.86. The van der Waals surface area contributed by atoms with Gasteiger partial charge in [-0.3, -0.25) is 10.5 Å². The summed E-state index contributed by atoms with van der Waals surface area (Å²) in [6.07, 6.45) is 0. The van der Waals surface area contributed by atoms with E-state index in [1.807, 2.05) is 42.6 Å². The Labute approximate surface area is 184 Å². The van der Waals surface area contributed by atoms with Crippen LogP contribution in [0.15, 0.2) is 45.2 Å². The van der Waals surface area contributed by atoms with Gasteiger partial charge in [0.25, 0.3) is 5.82 Å². The van der Waals surface area contributed by atoms with E-state index in [1.165, 1.54) is 11.3 Å². The first-order valence-electron chi connectivity index (χ1n) is 8.36. The summed E-state index contributed by atoms with van der Waals surface area (Å²) >= 11 is 6.02. The van der Waals surface area contributed by atoms with E-state index in [0.29, 0.717) is 21.8 Å². The molecule has 3 rings (SSSR count). The van der Waals surface area contributed by atoms with E-state index in [2.05, 4.69) is 38.4 Å². The Morgan fingerprint density at radius 1 is 1.31 bits per heavy atom. The van der Waals surface area contributed by atoms with Crippen molar-refractivity contribution >= 4 is 56.4 Å². The van der Waals surface area contributed by atoms with Gasteiger partial charge in [0.2, 0.25) is 5.91 Å². The van der Waals surface area contributed by atoms with Crippen molar-refractivity contribution in [1.82, 2.24) is 0 Å². The van der Waals surface area contributed by atoms with Crippen molar-refractivity contribution in [2.75, 3.05) is 16.8 Å². The number of aromatic nitrogens is 1. The normalized spacial score (nSPS) is 10.2. The number of halogens is 1. The number of nitrogen functional groups attached to an aromatic ring is 1. The predicted molar refractivity (Wildman–Crippen MR) is 118 cm³/mol. The number of hydrogen-bond acceptors (Lipinski definition) is 6. The van der Waals surface area contributed by atoms with Gasteiger partial charge in [-0.1, -0.05) is 39.8 Å². The minimum absolute atomic E-state index is 0.0753. The van der Waals surface area contributed by atoms with Crippen molar-refractivity contribution in [3.8, 4) is 22.6 Å². The Bertz CT molecular complexity index is 1160. The molecule has 6 nitrogen and oxygen atoms in total. The number of nitriles is 2. The largest absolute Gasteiger partial charge is 0.325 e. The quantitative estimate of drug-likeness (QED) is 0.521. The molecule has 2 heterocycles. The number of hydrogen-bond donors (Lipinski definition) is 2. The standard InChI is InChI=1S/C20H14BrN5OS2/c1-11-4-5-12(7-15(11)21)25-17(27)10-29-20-14(9-23)18(16-3-2-6-28-16)13(8-22)19(24)26-20/h2-7H,10H2,1H3,(H2,24,26)(H,25,27)/p+1. The van der Waals surface area contributed by atoms with E-state index in [0.717, 1.165) is 26.7 Å². The number of rotatable bonds is 5. The molecule has 0 unspecified atom stereocenters. The van der Waals surface area contributed by atoms with Gasteiger partial charge in [-0.2, -0.15) is 10.5 Å². The third-order valence-electron chi connectivity index (χ3n) is 4.04. The second kappa shape index (κ2) is 9.10. The lowest BCUT2D eigenvalue weighted by Crippen LogP contribution is -2.20. The number of benzene rings is 1. The summed E-state index contributed by atoms with van der Waals surface area (Å²) in [6, 6.07) is 13.5. The minimum Gasteiger partial charge on any atom is -0.325 e. The lowest BCUT2D eigenvalue weighted by Gasteiger charge is -2.09. The van der Waals surface area contributed by atoms with E-state index in [-0.39, 0.29) is 23.0 Å². The number of anilines is 2. The van der Waals surface area contributed by atoms with E-state index in [4.69, 9.17) is 5.73 Å². The number of amides is 1. The zero-order chi connectivity index (χ0) is 21.0. The van der Waals surface area contributed by atoms with Gasteiger partial charge in [0.1, 0.15) is 17.7 Å². The van der Waals surface area contributed by atoms with Crippen LogP contribution < -0.4 is 16.0 Å². The number of nitrogens with two attached hydrogens (primary N) is 1. The third-order valence-corrected chi connectivity index (χ3v) is 6.78. The number of aromatic amines is 1. The van der Waals surface area contributed by atoms with Gasteiger partial charge < -0.3 is 5.32 Å². The zero-order valence-electron chi connectivity index (χ0n) is 15.2. The molecule has 9 heteroatoms. The van der Waals surface area contributed by atoms with Gasteiger partial charge in [0, 0.05) is 20.6 Å². The molecule has 0 fully saturated rings. The summed E-state index contributed by atoms with van der Waals surface area (Å²) in [4.78, 5) is 16.0. The maximum absolute atomic E-state index is 12.4. The van der Waals surface area contributed by atoms with Crippen molar-refractivity contribution in [3.63, 3.8) is 0 Å². The minimum atomic E-state index is -0.219. The lowest BCUT2D eigenvalue weighted by atomic mass is 10.0. The number of pyridine rings is 1. The average Bonchev–Trinajstić information content (AvgIpc) is 3.23. The monoisotopic (exact) mass is 484 g/mol. The van der Waals surface area contributed by atoms with Crippen LogP contribution in [0.25, 0.3) is 10.4 Å². The third kappa shape index (κ3) is 4.60. The van der Waals surface area contributed by atoms with Crippen LogP contribution in [-0.4, -0.2) is 11.7 Å².